The van der Waals surface area contributed by atoms with Crippen LogP contribution in [0.2, 0.25) is 0 Å². The van der Waals surface area contributed by atoms with Gasteiger partial charge in [-0.3, -0.25) is 9.59 Å². The summed E-state index contributed by atoms with van der Waals surface area (Å²) in [5.41, 5.74) is 10.9. The molecule has 1 aliphatic rings. The second-order valence-corrected chi connectivity index (χ2v) is 10.1. The molecule has 0 saturated carbocycles. The Kier molecular flexibility index (Phi) is 8.84. The number of unbranched alkanes of at least 4 members (excludes halogenated alkanes) is 2. The van der Waals surface area contributed by atoms with E-state index in [1.807, 2.05) is 36.1 Å². The van der Waals surface area contributed by atoms with Gasteiger partial charge in [0.2, 0.25) is 0 Å². The number of aliphatic hydroxyl groups excluding tert-OH is 1. The van der Waals surface area contributed by atoms with Crippen LogP contribution < -0.4 is 5.73 Å². The van der Waals surface area contributed by atoms with Gasteiger partial charge >= 0.3 is 0 Å². The number of amides is 2. The third-order valence-electron chi connectivity index (χ3n) is 7.26. The molecule has 4 rings (SSSR count). The highest BCUT2D eigenvalue weighted by Gasteiger charge is 2.32. The van der Waals surface area contributed by atoms with Crippen LogP contribution in [0, 0.1) is 6.92 Å². The topological polar surface area (TPSA) is 105 Å². The van der Waals surface area contributed by atoms with E-state index < -0.39 is 0 Å². The van der Waals surface area contributed by atoms with Gasteiger partial charge in [-0.15, -0.1) is 0 Å². The second kappa shape index (κ2) is 12.3. The van der Waals surface area contributed by atoms with Crippen LogP contribution in [0.5, 0.6) is 0 Å². The molecule has 2 aromatic carbocycles. The molecule has 0 bridgehead atoms. The van der Waals surface area contributed by atoms with Gasteiger partial charge in [-0.05, 0) is 61.6 Å². The molecule has 1 unspecified atom stereocenters. The normalized spacial score (nSPS) is 14.8. The Morgan fingerprint density at radius 3 is 2.39 bits per heavy atom. The van der Waals surface area contributed by atoms with Gasteiger partial charge in [0.1, 0.15) is 0 Å². The molecule has 0 radical (unpaired) electrons. The molecule has 3 aromatic rings. The predicted octanol–water partition coefficient (Wildman–Crippen LogP) is 4.36. The molecule has 8 heteroatoms. The van der Waals surface area contributed by atoms with Gasteiger partial charge in [-0.1, -0.05) is 51.0 Å². The number of fused-ring (bicyclic) bond motifs is 1. The number of anilines is 1. The Labute approximate surface area is 225 Å². The SMILES string of the molecule is CCCCN(CCCC)C(=O)c1cc(C)n(-c2ccc(N)cc2C(=O)N2Cc3ccccc3CC2CO)n1. The lowest BCUT2D eigenvalue weighted by Crippen LogP contribution is -2.46. The highest BCUT2D eigenvalue weighted by Crippen LogP contribution is 2.28. The van der Waals surface area contributed by atoms with E-state index in [-0.39, 0.29) is 24.5 Å². The van der Waals surface area contributed by atoms with E-state index in [1.54, 1.807) is 33.8 Å². The summed E-state index contributed by atoms with van der Waals surface area (Å²) in [7, 11) is 0. The lowest BCUT2D eigenvalue weighted by atomic mass is 9.93. The monoisotopic (exact) mass is 517 g/mol. The second-order valence-electron chi connectivity index (χ2n) is 10.1. The number of hydrogen-bond acceptors (Lipinski definition) is 5. The Bertz CT molecular complexity index is 1280. The number of aliphatic hydroxyl groups is 1. The summed E-state index contributed by atoms with van der Waals surface area (Å²) < 4.78 is 1.66. The van der Waals surface area contributed by atoms with Crippen LogP contribution in [0.3, 0.4) is 0 Å². The Morgan fingerprint density at radius 1 is 1.05 bits per heavy atom. The Morgan fingerprint density at radius 2 is 1.74 bits per heavy atom. The molecular weight excluding hydrogens is 478 g/mol. The van der Waals surface area contributed by atoms with E-state index in [4.69, 9.17) is 5.73 Å². The van der Waals surface area contributed by atoms with Crippen molar-refractivity contribution in [2.24, 2.45) is 0 Å². The van der Waals surface area contributed by atoms with Crippen LogP contribution in [0.4, 0.5) is 5.69 Å². The first-order chi connectivity index (χ1) is 18.4. The van der Waals surface area contributed by atoms with Crippen molar-refractivity contribution < 1.29 is 14.7 Å². The van der Waals surface area contributed by atoms with Crippen molar-refractivity contribution in [2.45, 2.75) is 65.5 Å². The predicted molar refractivity (Wildman–Crippen MR) is 149 cm³/mol. The minimum atomic E-state index is -0.340. The number of carbonyl (C=O) groups excluding carboxylic acids is 2. The number of benzene rings is 2. The molecule has 0 fully saturated rings. The fourth-order valence-electron chi connectivity index (χ4n) is 5.05. The number of nitrogen functional groups attached to an aromatic ring is 1. The Hall–Kier alpha value is -3.65. The third-order valence-corrected chi connectivity index (χ3v) is 7.26. The van der Waals surface area contributed by atoms with E-state index >= 15 is 0 Å². The minimum Gasteiger partial charge on any atom is -0.399 e. The number of hydrogen-bond donors (Lipinski definition) is 2. The fourth-order valence-corrected chi connectivity index (χ4v) is 5.05. The summed E-state index contributed by atoms with van der Waals surface area (Å²) in [6.07, 6.45) is 4.49. The van der Waals surface area contributed by atoms with E-state index in [9.17, 15) is 14.7 Å². The van der Waals surface area contributed by atoms with Crippen molar-refractivity contribution in [2.75, 3.05) is 25.4 Å². The molecule has 0 spiro atoms. The molecular formula is C30H39N5O3. The van der Waals surface area contributed by atoms with Gasteiger partial charge in [-0.25, -0.2) is 4.68 Å². The van der Waals surface area contributed by atoms with Crippen molar-refractivity contribution in [1.82, 2.24) is 19.6 Å². The summed E-state index contributed by atoms with van der Waals surface area (Å²) in [6, 6.07) is 14.6. The summed E-state index contributed by atoms with van der Waals surface area (Å²) in [5, 5.41) is 14.8. The van der Waals surface area contributed by atoms with Gasteiger partial charge in [0.25, 0.3) is 11.8 Å². The van der Waals surface area contributed by atoms with Gasteiger partial charge in [-0.2, -0.15) is 5.10 Å². The smallest absolute Gasteiger partial charge is 0.274 e. The van der Waals surface area contributed by atoms with E-state index in [1.165, 1.54) is 0 Å². The van der Waals surface area contributed by atoms with Gasteiger partial charge in [0, 0.05) is 31.0 Å². The maximum absolute atomic E-state index is 14.0. The van der Waals surface area contributed by atoms with Crippen LogP contribution in [-0.2, 0) is 13.0 Å². The maximum Gasteiger partial charge on any atom is 0.274 e. The van der Waals surface area contributed by atoms with E-state index in [0.29, 0.717) is 48.7 Å². The number of carbonyl (C=O) groups is 2. The molecule has 1 aromatic heterocycles. The van der Waals surface area contributed by atoms with Crippen molar-refractivity contribution >= 4 is 17.5 Å². The van der Waals surface area contributed by atoms with Crippen molar-refractivity contribution in [1.29, 1.82) is 0 Å². The summed E-state index contributed by atoms with van der Waals surface area (Å²) >= 11 is 0. The van der Waals surface area contributed by atoms with Gasteiger partial charge in [0.05, 0.1) is 23.9 Å². The number of rotatable bonds is 10. The quantitative estimate of drug-likeness (QED) is 0.389. The first kappa shape index (κ1) is 27.4. The van der Waals surface area contributed by atoms with Crippen LogP contribution in [0.1, 0.15) is 77.2 Å². The lowest BCUT2D eigenvalue weighted by Gasteiger charge is -2.36. The molecule has 0 saturated heterocycles. The lowest BCUT2D eigenvalue weighted by molar-refractivity contribution is 0.0544. The first-order valence-corrected chi connectivity index (χ1v) is 13.6. The first-order valence-electron chi connectivity index (χ1n) is 13.6. The standard InChI is InChI=1S/C30H39N5O3/c1-4-6-14-33(15-7-5-2)30(38)27-16-21(3)35(32-27)28-13-12-24(31)18-26(28)29(37)34-19-23-11-9-8-10-22(23)17-25(34)20-36/h8-13,16,18,25,36H,4-7,14-15,17,19-20,31H2,1-3H3. The summed E-state index contributed by atoms with van der Waals surface area (Å²) in [5.74, 6) is -0.318. The molecule has 202 valence electrons. The average Bonchev–Trinajstić information content (AvgIpc) is 3.32. The van der Waals surface area contributed by atoms with Crippen molar-refractivity contribution in [3.8, 4) is 5.69 Å². The zero-order valence-corrected chi connectivity index (χ0v) is 22.7. The molecule has 38 heavy (non-hydrogen) atoms. The zero-order chi connectivity index (χ0) is 27.2. The highest BCUT2D eigenvalue weighted by molar-refractivity contribution is 5.99. The number of nitrogens with zero attached hydrogens (tertiary/aromatic N) is 4. The summed E-state index contributed by atoms with van der Waals surface area (Å²) in [4.78, 5) is 31.0. The average molecular weight is 518 g/mol. The summed E-state index contributed by atoms with van der Waals surface area (Å²) in [6.45, 7) is 7.78. The van der Waals surface area contributed by atoms with Crippen LogP contribution >= 0.6 is 0 Å². The van der Waals surface area contributed by atoms with Gasteiger partial charge in [0.15, 0.2) is 5.69 Å². The molecule has 3 N–H and O–H groups in total. The third kappa shape index (κ3) is 5.75. The largest absolute Gasteiger partial charge is 0.399 e. The van der Waals surface area contributed by atoms with Crippen molar-refractivity contribution in [3.63, 3.8) is 0 Å². The fraction of sp³-hybridized carbons (Fsp3) is 0.433. The van der Waals surface area contributed by atoms with E-state index in [2.05, 4.69) is 18.9 Å². The molecule has 8 nitrogen and oxygen atoms in total. The van der Waals surface area contributed by atoms with Gasteiger partial charge < -0.3 is 20.6 Å². The molecule has 0 aliphatic carbocycles. The minimum absolute atomic E-state index is 0.0925. The molecule has 1 atom stereocenters. The van der Waals surface area contributed by atoms with Crippen LogP contribution in [-0.4, -0.2) is 62.2 Å². The van der Waals surface area contributed by atoms with Crippen molar-refractivity contribution in [3.05, 3.63) is 76.6 Å². The highest BCUT2D eigenvalue weighted by atomic mass is 16.3. The molecule has 2 heterocycles. The zero-order valence-electron chi connectivity index (χ0n) is 22.7. The molecule has 2 amide bonds. The molecule has 1 aliphatic heterocycles. The maximum atomic E-state index is 14.0. The van der Waals surface area contributed by atoms with Crippen LogP contribution in [0.25, 0.3) is 5.69 Å². The van der Waals surface area contributed by atoms with Crippen LogP contribution in [0.15, 0.2) is 48.5 Å². The number of aryl methyl sites for hydroxylation is 1. The number of aromatic nitrogens is 2. The Balaban J connectivity index is 1.68. The van der Waals surface area contributed by atoms with E-state index in [0.717, 1.165) is 42.5 Å². The number of nitrogens with two attached hydrogens (primary N) is 1.